The average molecular weight is 586 g/mol. The van der Waals surface area contributed by atoms with Crippen LogP contribution >= 0.6 is 34.5 Å². The average Bonchev–Trinajstić information content (AvgIpc) is 3.32. The first-order valence-corrected chi connectivity index (χ1v) is 13.9. The van der Waals surface area contributed by atoms with Crippen LogP contribution in [0.15, 0.2) is 88.6 Å². The number of thiazole rings is 1. The lowest BCUT2D eigenvalue weighted by Gasteiger charge is -2.17. The van der Waals surface area contributed by atoms with Gasteiger partial charge in [-0.3, -0.25) is 9.59 Å². The number of nitrogens with two attached hydrogens (primary N) is 1. The normalized spacial score (nSPS) is 11.4. The van der Waals surface area contributed by atoms with Gasteiger partial charge in [0.25, 0.3) is 21.5 Å². The Hall–Kier alpha value is -3.90. The summed E-state index contributed by atoms with van der Waals surface area (Å²) in [6.45, 7) is 0. The Labute approximate surface area is 230 Å². The minimum Gasteiger partial charge on any atom is -0.383 e. The van der Waals surface area contributed by atoms with Crippen LogP contribution in [0.3, 0.4) is 0 Å². The lowest BCUT2D eigenvalue weighted by molar-refractivity contribution is 0.102. The number of anilines is 2. The molecule has 2 heterocycles. The van der Waals surface area contributed by atoms with Gasteiger partial charge in [0.1, 0.15) is 10.8 Å². The Morgan fingerprint density at radius 1 is 0.947 bits per heavy atom. The highest BCUT2D eigenvalue weighted by Gasteiger charge is 2.24. The van der Waals surface area contributed by atoms with Crippen molar-refractivity contribution >= 4 is 72.2 Å². The van der Waals surface area contributed by atoms with Crippen LogP contribution in [0.2, 0.25) is 10.0 Å². The quantitative estimate of drug-likeness (QED) is 0.250. The van der Waals surface area contributed by atoms with E-state index in [1.165, 1.54) is 41.7 Å². The Morgan fingerprint density at radius 2 is 1.58 bits per heavy atom. The van der Waals surface area contributed by atoms with E-state index in [1.54, 1.807) is 36.4 Å². The van der Waals surface area contributed by atoms with Gasteiger partial charge in [0, 0.05) is 15.7 Å². The molecule has 0 aliphatic carbocycles. The highest BCUT2D eigenvalue weighted by Crippen LogP contribution is 2.30. The van der Waals surface area contributed by atoms with Crippen molar-refractivity contribution in [2.75, 3.05) is 15.9 Å². The standard InChI is InChI=1S/C25H17Cl2N5O4S2/c26-14-5-9-16(10-6-14)29-23(33)18-13-19(24-30-20-3-1-2-4-21(20)37-24)25(34)32(22(18)28)31-38(35,36)17-11-7-15(27)8-12-17/h1-13,31H,28H2,(H,29,33). The SMILES string of the molecule is Nc1c(C(=O)Nc2ccc(Cl)cc2)cc(-c2nc3ccccc3s2)c(=O)n1NS(=O)(=O)c1ccc(Cl)cc1. The number of amides is 1. The second kappa shape index (κ2) is 10.1. The van der Waals surface area contributed by atoms with Crippen LogP contribution in [-0.2, 0) is 10.0 Å². The first kappa shape index (κ1) is 25.7. The molecule has 0 bridgehead atoms. The number of sulfonamides is 1. The maximum Gasteiger partial charge on any atom is 0.281 e. The van der Waals surface area contributed by atoms with E-state index in [-0.39, 0.29) is 21.0 Å². The molecule has 0 fully saturated rings. The van der Waals surface area contributed by atoms with Gasteiger partial charge >= 0.3 is 0 Å². The molecule has 0 radical (unpaired) electrons. The van der Waals surface area contributed by atoms with Crippen molar-refractivity contribution in [3.05, 3.63) is 105 Å². The minimum atomic E-state index is -4.29. The molecule has 9 nitrogen and oxygen atoms in total. The second-order valence-corrected chi connectivity index (χ2v) is 11.6. The zero-order valence-corrected chi connectivity index (χ0v) is 22.3. The number of nitrogens with zero attached hydrogens (tertiary/aromatic N) is 2. The van der Waals surface area contributed by atoms with Crippen LogP contribution in [0.5, 0.6) is 0 Å². The van der Waals surface area contributed by atoms with E-state index in [0.717, 1.165) is 4.70 Å². The summed E-state index contributed by atoms with van der Waals surface area (Å²) in [7, 11) is -4.29. The Morgan fingerprint density at radius 3 is 2.24 bits per heavy atom. The molecule has 4 N–H and O–H groups in total. The van der Waals surface area contributed by atoms with E-state index >= 15 is 0 Å². The Bertz CT molecular complexity index is 1820. The molecule has 0 unspecified atom stereocenters. The number of pyridine rings is 1. The molecule has 13 heteroatoms. The van der Waals surface area contributed by atoms with Crippen molar-refractivity contribution in [2.24, 2.45) is 0 Å². The predicted octanol–water partition coefficient (Wildman–Crippen LogP) is 5.20. The van der Waals surface area contributed by atoms with Gasteiger partial charge in [-0.25, -0.2) is 9.82 Å². The lowest BCUT2D eigenvalue weighted by Crippen LogP contribution is -2.37. The smallest absolute Gasteiger partial charge is 0.281 e. The van der Waals surface area contributed by atoms with Crippen molar-refractivity contribution in [3.63, 3.8) is 0 Å². The van der Waals surface area contributed by atoms with Gasteiger partial charge in [-0.1, -0.05) is 35.3 Å². The monoisotopic (exact) mass is 585 g/mol. The van der Waals surface area contributed by atoms with Gasteiger partial charge in [0.2, 0.25) is 0 Å². The number of carbonyl (C=O) groups excluding carboxylic acids is 1. The predicted molar refractivity (Wildman–Crippen MR) is 151 cm³/mol. The molecule has 38 heavy (non-hydrogen) atoms. The van der Waals surface area contributed by atoms with Crippen LogP contribution < -0.4 is 21.4 Å². The summed E-state index contributed by atoms with van der Waals surface area (Å²) in [5, 5.41) is 3.78. The second-order valence-electron chi connectivity index (χ2n) is 7.99. The van der Waals surface area contributed by atoms with Crippen LogP contribution in [0.4, 0.5) is 11.5 Å². The molecular weight excluding hydrogens is 569 g/mol. The number of para-hydroxylation sites is 1. The van der Waals surface area contributed by atoms with E-state index in [2.05, 4.69) is 15.1 Å². The zero-order chi connectivity index (χ0) is 27.0. The Kier molecular flexibility index (Phi) is 6.84. The number of nitrogens with one attached hydrogen (secondary N) is 2. The number of fused-ring (bicyclic) bond motifs is 1. The first-order valence-electron chi connectivity index (χ1n) is 10.9. The van der Waals surface area contributed by atoms with Gasteiger partial charge in [-0.15, -0.1) is 11.3 Å². The van der Waals surface area contributed by atoms with Crippen molar-refractivity contribution in [2.45, 2.75) is 4.90 Å². The molecule has 2 aromatic heterocycles. The molecule has 5 rings (SSSR count). The van der Waals surface area contributed by atoms with Gasteiger partial charge < -0.3 is 11.1 Å². The number of rotatable bonds is 6. The number of nitrogen functional groups attached to an aromatic ring is 1. The molecule has 0 atom stereocenters. The zero-order valence-electron chi connectivity index (χ0n) is 19.2. The molecule has 192 valence electrons. The van der Waals surface area contributed by atoms with Gasteiger partial charge in [0.05, 0.1) is 26.2 Å². The van der Waals surface area contributed by atoms with E-state index in [1.807, 2.05) is 12.1 Å². The summed E-state index contributed by atoms with van der Waals surface area (Å²) >= 11 is 13.0. The maximum atomic E-state index is 13.6. The third-order valence-electron chi connectivity index (χ3n) is 5.45. The third kappa shape index (κ3) is 5.09. The van der Waals surface area contributed by atoms with Crippen molar-refractivity contribution in [3.8, 4) is 10.6 Å². The number of hydrogen-bond donors (Lipinski definition) is 3. The molecule has 0 aliphatic rings. The minimum absolute atomic E-state index is 0.0135. The summed E-state index contributed by atoms with van der Waals surface area (Å²) < 4.78 is 27.7. The summed E-state index contributed by atoms with van der Waals surface area (Å²) in [5.74, 6) is -1.09. The molecular formula is C25H17Cl2N5O4S2. The van der Waals surface area contributed by atoms with E-state index in [0.29, 0.717) is 25.9 Å². The topological polar surface area (TPSA) is 136 Å². The number of benzene rings is 3. The van der Waals surface area contributed by atoms with Gasteiger partial charge in [-0.2, -0.15) is 13.1 Å². The first-order chi connectivity index (χ1) is 18.1. The molecule has 0 saturated heterocycles. The van der Waals surface area contributed by atoms with Gasteiger partial charge in [0.15, 0.2) is 0 Å². The largest absolute Gasteiger partial charge is 0.383 e. The maximum absolute atomic E-state index is 13.6. The third-order valence-corrected chi connectivity index (χ3v) is 8.33. The number of aromatic nitrogens is 2. The van der Waals surface area contributed by atoms with Crippen LogP contribution in [0.25, 0.3) is 20.8 Å². The van der Waals surface area contributed by atoms with E-state index in [9.17, 15) is 18.0 Å². The van der Waals surface area contributed by atoms with Crippen LogP contribution in [0, 0.1) is 0 Å². The molecule has 0 spiro atoms. The molecule has 5 aromatic rings. The van der Waals surface area contributed by atoms with Gasteiger partial charge in [-0.05, 0) is 66.7 Å². The molecule has 3 aromatic carbocycles. The van der Waals surface area contributed by atoms with E-state index in [4.69, 9.17) is 28.9 Å². The van der Waals surface area contributed by atoms with E-state index < -0.39 is 27.3 Å². The lowest BCUT2D eigenvalue weighted by atomic mass is 10.1. The van der Waals surface area contributed by atoms with Crippen LogP contribution in [0.1, 0.15) is 10.4 Å². The molecule has 1 amide bonds. The molecule has 0 aliphatic heterocycles. The Balaban J connectivity index is 1.65. The molecule has 0 saturated carbocycles. The highest BCUT2D eigenvalue weighted by atomic mass is 35.5. The fourth-order valence-electron chi connectivity index (χ4n) is 3.56. The summed E-state index contributed by atoms with van der Waals surface area (Å²) in [4.78, 5) is 33.3. The van der Waals surface area contributed by atoms with Crippen molar-refractivity contribution < 1.29 is 13.2 Å². The number of hydrogen-bond acceptors (Lipinski definition) is 7. The van der Waals surface area contributed by atoms with Crippen LogP contribution in [-0.4, -0.2) is 24.0 Å². The number of halogens is 2. The summed E-state index contributed by atoms with van der Waals surface area (Å²) in [6.07, 6.45) is 0. The van der Waals surface area contributed by atoms with Crippen molar-refractivity contribution in [1.82, 2.24) is 9.66 Å². The summed E-state index contributed by atoms with van der Waals surface area (Å²) in [5.41, 5.74) is 6.31. The fourth-order valence-corrected chi connectivity index (χ4v) is 5.81. The number of carbonyl (C=O) groups is 1. The van der Waals surface area contributed by atoms with Crippen molar-refractivity contribution in [1.29, 1.82) is 0 Å². The fraction of sp³-hybridized carbons (Fsp3) is 0. The highest BCUT2D eigenvalue weighted by molar-refractivity contribution is 7.92. The summed E-state index contributed by atoms with van der Waals surface area (Å²) in [6, 6.07) is 20.2.